The van der Waals surface area contributed by atoms with Gasteiger partial charge in [0.15, 0.2) is 0 Å². The van der Waals surface area contributed by atoms with Gasteiger partial charge in [-0.15, -0.1) is 0 Å². The number of carbonyl (C=O) groups excluding carboxylic acids is 3. The molecular formula is C17H23N3O4. The summed E-state index contributed by atoms with van der Waals surface area (Å²) in [6, 6.07) is 2.70. The second kappa shape index (κ2) is 6.30. The summed E-state index contributed by atoms with van der Waals surface area (Å²) < 4.78 is 5.23. The largest absolute Gasteiger partial charge is 0.467 e. The zero-order valence-corrected chi connectivity index (χ0v) is 14.0. The van der Waals surface area contributed by atoms with Crippen molar-refractivity contribution in [2.45, 2.75) is 51.1 Å². The zero-order valence-electron chi connectivity index (χ0n) is 14.0. The van der Waals surface area contributed by atoms with Crippen molar-refractivity contribution in [1.29, 1.82) is 0 Å². The van der Waals surface area contributed by atoms with E-state index in [-0.39, 0.29) is 24.4 Å². The third-order valence-electron chi connectivity index (χ3n) is 5.02. The van der Waals surface area contributed by atoms with Gasteiger partial charge in [-0.05, 0) is 50.7 Å². The van der Waals surface area contributed by atoms with Crippen LogP contribution in [0.15, 0.2) is 22.8 Å². The molecule has 1 aromatic rings. The summed E-state index contributed by atoms with van der Waals surface area (Å²) in [5.74, 6) is 0.522. The quantitative estimate of drug-likeness (QED) is 0.824. The maximum Gasteiger partial charge on any atom is 0.325 e. The minimum Gasteiger partial charge on any atom is -0.467 e. The monoisotopic (exact) mass is 333 g/mol. The lowest BCUT2D eigenvalue weighted by Crippen LogP contribution is -2.50. The molecule has 0 bridgehead atoms. The Morgan fingerprint density at radius 3 is 2.79 bits per heavy atom. The van der Waals surface area contributed by atoms with E-state index in [1.54, 1.807) is 19.1 Å². The Bertz CT molecular complexity index is 632. The first kappa shape index (κ1) is 16.5. The first-order valence-electron chi connectivity index (χ1n) is 8.38. The second-order valence-corrected chi connectivity index (χ2v) is 6.89. The van der Waals surface area contributed by atoms with Gasteiger partial charge in [0, 0.05) is 0 Å². The summed E-state index contributed by atoms with van der Waals surface area (Å²) in [5.41, 5.74) is -0.809. The van der Waals surface area contributed by atoms with E-state index in [1.807, 2.05) is 0 Å². The molecule has 130 valence electrons. The number of rotatable bonds is 4. The molecule has 2 heterocycles. The fourth-order valence-electron chi connectivity index (χ4n) is 3.45. The molecule has 3 rings (SSSR count). The molecule has 0 radical (unpaired) electrons. The summed E-state index contributed by atoms with van der Waals surface area (Å²) in [5, 5.41) is 5.56. The highest BCUT2D eigenvalue weighted by Gasteiger charge is 2.52. The summed E-state index contributed by atoms with van der Waals surface area (Å²) in [7, 11) is 0. The first-order valence-corrected chi connectivity index (χ1v) is 8.38. The predicted octanol–water partition coefficient (Wildman–Crippen LogP) is 1.96. The number of hydrogen-bond acceptors (Lipinski definition) is 4. The van der Waals surface area contributed by atoms with Crippen molar-refractivity contribution in [3.8, 4) is 0 Å². The summed E-state index contributed by atoms with van der Waals surface area (Å²) >= 11 is 0. The van der Waals surface area contributed by atoms with Crippen molar-refractivity contribution in [3.63, 3.8) is 0 Å². The molecule has 1 aliphatic heterocycles. The predicted molar refractivity (Wildman–Crippen MR) is 85.9 cm³/mol. The number of carbonyl (C=O) groups is 3. The van der Waals surface area contributed by atoms with E-state index in [9.17, 15) is 14.4 Å². The van der Waals surface area contributed by atoms with Crippen LogP contribution in [0.5, 0.6) is 0 Å². The maximum atomic E-state index is 12.7. The minimum atomic E-state index is -0.809. The number of nitrogens with zero attached hydrogens (tertiary/aromatic N) is 1. The van der Waals surface area contributed by atoms with Gasteiger partial charge in [-0.3, -0.25) is 14.5 Å². The van der Waals surface area contributed by atoms with Gasteiger partial charge in [0.2, 0.25) is 5.91 Å². The Morgan fingerprint density at radius 1 is 1.46 bits per heavy atom. The number of urea groups is 1. The van der Waals surface area contributed by atoms with Crippen molar-refractivity contribution in [1.82, 2.24) is 15.5 Å². The van der Waals surface area contributed by atoms with E-state index in [2.05, 4.69) is 17.6 Å². The van der Waals surface area contributed by atoms with Crippen LogP contribution in [0.25, 0.3) is 0 Å². The Hall–Kier alpha value is -2.31. The zero-order chi connectivity index (χ0) is 17.3. The number of amides is 4. The van der Waals surface area contributed by atoms with E-state index < -0.39 is 11.6 Å². The fraction of sp³-hybridized carbons (Fsp3) is 0.588. The SMILES string of the molecule is CC1CCC2(CC1)NC(=O)N(CC(=O)NC(C)c1ccco1)C2=O. The Balaban J connectivity index is 1.61. The van der Waals surface area contributed by atoms with Gasteiger partial charge in [-0.25, -0.2) is 4.79 Å². The van der Waals surface area contributed by atoms with Crippen molar-refractivity contribution in [2.75, 3.05) is 6.54 Å². The highest BCUT2D eigenvalue weighted by atomic mass is 16.3. The highest BCUT2D eigenvalue weighted by Crippen LogP contribution is 2.36. The van der Waals surface area contributed by atoms with Crippen LogP contribution in [0.1, 0.15) is 51.3 Å². The number of hydrogen-bond donors (Lipinski definition) is 2. The molecule has 24 heavy (non-hydrogen) atoms. The van der Waals surface area contributed by atoms with Crippen molar-refractivity contribution in [2.24, 2.45) is 5.92 Å². The molecular weight excluding hydrogens is 310 g/mol. The van der Waals surface area contributed by atoms with Crippen LogP contribution in [-0.4, -0.2) is 34.8 Å². The van der Waals surface area contributed by atoms with Gasteiger partial charge in [0.25, 0.3) is 5.91 Å². The second-order valence-electron chi connectivity index (χ2n) is 6.89. The molecule has 1 saturated heterocycles. The third kappa shape index (κ3) is 3.02. The molecule has 7 heteroatoms. The van der Waals surface area contributed by atoms with Crippen LogP contribution in [-0.2, 0) is 9.59 Å². The standard InChI is InChI=1S/C17H23N3O4/c1-11-5-7-17(8-6-11)15(22)20(16(23)19-17)10-14(21)18-12(2)13-4-3-9-24-13/h3-4,9,11-12H,5-8,10H2,1-2H3,(H,18,21)(H,19,23). The molecule has 1 aliphatic carbocycles. The lowest BCUT2D eigenvalue weighted by Gasteiger charge is -2.33. The van der Waals surface area contributed by atoms with E-state index >= 15 is 0 Å². The fourth-order valence-corrected chi connectivity index (χ4v) is 3.45. The van der Waals surface area contributed by atoms with E-state index in [1.165, 1.54) is 6.26 Å². The molecule has 7 nitrogen and oxygen atoms in total. The number of furan rings is 1. The maximum absolute atomic E-state index is 12.7. The van der Waals surface area contributed by atoms with Gasteiger partial charge in [-0.1, -0.05) is 6.92 Å². The van der Waals surface area contributed by atoms with Gasteiger partial charge < -0.3 is 15.1 Å². The molecule has 4 amide bonds. The number of imide groups is 1. The summed E-state index contributed by atoms with van der Waals surface area (Å²) in [6.07, 6.45) is 4.62. The smallest absolute Gasteiger partial charge is 0.325 e. The molecule has 1 aromatic heterocycles. The van der Waals surface area contributed by atoms with Gasteiger partial charge in [0.1, 0.15) is 17.8 Å². The molecule has 0 aromatic carbocycles. The van der Waals surface area contributed by atoms with Crippen LogP contribution in [0.3, 0.4) is 0 Å². The average Bonchev–Trinajstić information content (AvgIpc) is 3.15. The summed E-state index contributed by atoms with van der Waals surface area (Å²) in [6.45, 7) is 3.66. The van der Waals surface area contributed by atoms with Crippen LogP contribution in [0.2, 0.25) is 0 Å². The van der Waals surface area contributed by atoms with Crippen LogP contribution < -0.4 is 10.6 Å². The van der Waals surface area contributed by atoms with Gasteiger partial charge >= 0.3 is 6.03 Å². The molecule has 1 saturated carbocycles. The van der Waals surface area contributed by atoms with Gasteiger partial charge in [-0.2, -0.15) is 0 Å². The Labute approximate surface area is 140 Å². The average molecular weight is 333 g/mol. The molecule has 1 spiro atoms. The molecule has 2 N–H and O–H groups in total. The van der Waals surface area contributed by atoms with E-state index in [0.717, 1.165) is 17.7 Å². The van der Waals surface area contributed by atoms with E-state index in [4.69, 9.17) is 4.42 Å². The lowest BCUT2D eigenvalue weighted by molar-refractivity contribution is -0.136. The molecule has 2 aliphatic rings. The normalized spacial score (nSPS) is 28.1. The van der Waals surface area contributed by atoms with Crippen LogP contribution in [0.4, 0.5) is 4.79 Å². The van der Waals surface area contributed by atoms with Crippen LogP contribution in [0, 0.1) is 5.92 Å². The number of nitrogens with one attached hydrogen (secondary N) is 2. The molecule has 1 atom stereocenters. The van der Waals surface area contributed by atoms with Crippen molar-refractivity contribution in [3.05, 3.63) is 24.2 Å². The van der Waals surface area contributed by atoms with E-state index in [0.29, 0.717) is 24.5 Å². The Morgan fingerprint density at radius 2 is 2.17 bits per heavy atom. The topological polar surface area (TPSA) is 91.7 Å². The molecule has 1 unspecified atom stereocenters. The highest BCUT2D eigenvalue weighted by molar-refractivity contribution is 6.09. The lowest BCUT2D eigenvalue weighted by atomic mass is 9.77. The minimum absolute atomic E-state index is 0.271. The van der Waals surface area contributed by atoms with Crippen molar-refractivity contribution < 1.29 is 18.8 Å². The molecule has 2 fully saturated rings. The third-order valence-corrected chi connectivity index (χ3v) is 5.02. The first-order chi connectivity index (χ1) is 11.4. The van der Waals surface area contributed by atoms with Gasteiger partial charge in [0.05, 0.1) is 12.3 Å². The van der Waals surface area contributed by atoms with Crippen LogP contribution >= 0.6 is 0 Å². The summed E-state index contributed by atoms with van der Waals surface area (Å²) in [4.78, 5) is 38.1. The Kier molecular flexibility index (Phi) is 4.34. The van der Waals surface area contributed by atoms with Crippen molar-refractivity contribution >= 4 is 17.8 Å².